The van der Waals surface area contributed by atoms with Gasteiger partial charge in [-0.15, -0.1) is 0 Å². The van der Waals surface area contributed by atoms with Crippen molar-refractivity contribution in [2.45, 2.75) is 157 Å². The maximum Gasteiger partial charge on any atom is 0.0896 e. The second-order valence-electron chi connectivity index (χ2n) is 25.6. The maximum absolute atomic E-state index is 7.00. The van der Waals surface area contributed by atoms with Gasteiger partial charge in [0.25, 0.3) is 0 Å². The second-order valence-corrected chi connectivity index (χ2v) is 25.6. The molecule has 15 nitrogen and oxygen atoms in total. The van der Waals surface area contributed by atoms with E-state index in [0.29, 0.717) is 85.9 Å². The highest BCUT2D eigenvalue weighted by molar-refractivity contribution is 5.29. The third-order valence-electron chi connectivity index (χ3n) is 17.9. The molecule has 12 atom stereocenters. The molecule has 6 rings (SSSR count). The van der Waals surface area contributed by atoms with E-state index in [-0.39, 0.29) is 77.9 Å². The lowest BCUT2D eigenvalue weighted by atomic mass is 9.79. The van der Waals surface area contributed by atoms with Crippen LogP contribution in [0.15, 0.2) is 146 Å². The van der Waals surface area contributed by atoms with Gasteiger partial charge in [0.15, 0.2) is 0 Å². The fourth-order valence-electron chi connectivity index (χ4n) is 12.0. The van der Waals surface area contributed by atoms with Crippen molar-refractivity contribution in [1.29, 1.82) is 0 Å². The first-order valence-electron chi connectivity index (χ1n) is 32.7. The van der Waals surface area contributed by atoms with Gasteiger partial charge in [0.05, 0.1) is 135 Å². The molecule has 0 aliphatic rings. The Hall–Kier alpha value is -5.28. The minimum Gasteiger partial charge on any atom is -0.384 e. The smallest absolute Gasteiger partial charge is 0.0896 e. The standard InChI is InChI=1S/C78H110O15/c1-54(82-11)70(50-79-8)74(85-14)67-35-29-62(30-36-67)44-88-41-58-17-19-61(20-18-58)47-91-53-73(57(4)92-48-65-25-21-59(22-26-65)42-89-45-63-31-37-68(38-32-63)75(86-15)71(51-80-9)55(2)83-12)77(78(5,6)7)93-49-66-27-23-60(24-28-66)43-90-46-64-33-39-69(40-34-64)76(87-16)72(52-81-10)56(3)84-13/h17-40,54-57,70-77H,41-53H2,1-16H3/t54-,55-,56-,57-,70+,71+,72+,73+,74-,75-,76-,77-/m1/s1. The lowest BCUT2D eigenvalue weighted by molar-refractivity contribution is -0.132. The van der Waals surface area contributed by atoms with Crippen LogP contribution in [-0.4, -0.2) is 121 Å². The van der Waals surface area contributed by atoms with Gasteiger partial charge in [0, 0.05) is 87.7 Å². The normalized spacial score (nSPS) is 16.0. The van der Waals surface area contributed by atoms with E-state index in [0.717, 1.165) is 66.8 Å². The predicted molar refractivity (Wildman–Crippen MR) is 364 cm³/mol. The third-order valence-corrected chi connectivity index (χ3v) is 17.9. The van der Waals surface area contributed by atoms with Gasteiger partial charge in [-0.1, -0.05) is 166 Å². The molecule has 0 fully saturated rings. The Labute approximate surface area is 557 Å². The first-order valence-corrected chi connectivity index (χ1v) is 32.7. The van der Waals surface area contributed by atoms with E-state index in [1.165, 1.54) is 0 Å². The molecule has 0 heterocycles. The third kappa shape index (κ3) is 24.4. The first kappa shape index (κ1) is 76.7. The number of hydrogen-bond acceptors (Lipinski definition) is 15. The molecular formula is C78H110O15. The fraction of sp³-hybridized carbons (Fsp3) is 0.538. The van der Waals surface area contributed by atoms with Gasteiger partial charge < -0.3 is 71.1 Å². The van der Waals surface area contributed by atoms with Crippen LogP contribution in [-0.2, 0) is 131 Å². The second kappa shape index (κ2) is 41.0. The van der Waals surface area contributed by atoms with Crippen LogP contribution in [0, 0.1) is 29.1 Å². The molecule has 512 valence electrons. The Kier molecular flexibility index (Phi) is 33.8. The molecule has 0 bridgehead atoms. The Balaban J connectivity index is 1.06. The SMILES string of the molecule is COC[C@H]([C@H](OC)c1ccc(COCc2ccc(COC[C@H]([C@@H](OCc3ccc(COCc4ccc([C@@H](OC)[C@@H](COC)[C@@H](C)OC)cc4)cc3)C(C)(C)C)[C@@H](C)OCc3ccc(COCc4ccc([C@@H](OC)[C@@H](COC)[C@@H](C)OC)cc4)cc3)cc2)cc1)[C@@H](C)OC. The largest absolute Gasteiger partial charge is 0.384 e. The van der Waals surface area contributed by atoms with Crippen LogP contribution < -0.4 is 0 Å². The van der Waals surface area contributed by atoms with E-state index in [9.17, 15) is 0 Å². The molecule has 0 amide bonds. The molecule has 0 spiro atoms. The van der Waals surface area contributed by atoms with Crippen molar-refractivity contribution in [3.05, 3.63) is 212 Å². The summed E-state index contributed by atoms with van der Waals surface area (Å²) in [4.78, 5) is 0. The molecule has 93 heavy (non-hydrogen) atoms. The quantitative estimate of drug-likeness (QED) is 0.0358. The van der Waals surface area contributed by atoms with Crippen molar-refractivity contribution in [2.75, 3.05) is 90.4 Å². The zero-order chi connectivity index (χ0) is 67.1. The number of methoxy groups -OCH3 is 9. The van der Waals surface area contributed by atoms with Gasteiger partial charge in [0.2, 0.25) is 0 Å². The average molecular weight is 1290 g/mol. The average Bonchev–Trinajstić information content (AvgIpc) is 1.12. The van der Waals surface area contributed by atoms with Gasteiger partial charge in [-0.25, -0.2) is 0 Å². The highest BCUT2D eigenvalue weighted by Crippen LogP contribution is 2.36. The summed E-state index contributed by atoms with van der Waals surface area (Å²) < 4.78 is 90.3. The molecule has 0 radical (unpaired) electrons. The summed E-state index contributed by atoms with van der Waals surface area (Å²) in [6.45, 7) is 21.2. The number of hydrogen-bond donors (Lipinski definition) is 0. The first-order chi connectivity index (χ1) is 45.0. The summed E-state index contributed by atoms with van der Waals surface area (Å²) in [5, 5.41) is 0. The summed E-state index contributed by atoms with van der Waals surface area (Å²) in [5.41, 5.74) is 12.7. The molecule has 0 aliphatic carbocycles. The fourth-order valence-corrected chi connectivity index (χ4v) is 12.0. The van der Waals surface area contributed by atoms with E-state index < -0.39 is 0 Å². The Morgan fingerprint density at radius 2 is 0.495 bits per heavy atom. The van der Waals surface area contributed by atoms with Crippen LogP contribution in [0.2, 0.25) is 0 Å². The molecular weight excluding hydrogens is 1180 g/mol. The molecule has 0 unspecified atom stereocenters. The lowest BCUT2D eigenvalue weighted by Crippen LogP contribution is -2.44. The van der Waals surface area contributed by atoms with E-state index >= 15 is 0 Å². The number of rotatable bonds is 45. The van der Waals surface area contributed by atoms with Gasteiger partial charge in [-0.2, -0.15) is 0 Å². The highest BCUT2D eigenvalue weighted by atomic mass is 16.5. The van der Waals surface area contributed by atoms with Crippen molar-refractivity contribution in [1.82, 2.24) is 0 Å². The van der Waals surface area contributed by atoms with Crippen molar-refractivity contribution < 1.29 is 71.1 Å². The van der Waals surface area contributed by atoms with Gasteiger partial charge in [0.1, 0.15) is 0 Å². The minimum absolute atomic E-state index is 0.0307. The van der Waals surface area contributed by atoms with Gasteiger partial charge >= 0.3 is 0 Å². The topological polar surface area (TPSA) is 138 Å². The van der Waals surface area contributed by atoms with Crippen molar-refractivity contribution in [3.8, 4) is 0 Å². The van der Waals surface area contributed by atoms with Crippen LogP contribution in [0.1, 0.15) is 134 Å². The van der Waals surface area contributed by atoms with Crippen LogP contribution in [0.4, 0.5) is 0 Å². The van der Waals surface area contributed by atoms with Crippen molar-refractivity contribution in [3.63, 3.8) is 0 Å². The zero-order valence-electron chi connectivity index (χ0n) is 58.6. The molecule has 0 saturated heterocycles. The van der Waals surface area contributed by atoms with Crippen molar-refractivity contribution in [2.24, 2.45) is 29.1 Å². The van der Waals surface area contributed by atoms with E-state index in [1.807, 2.05) is 20.8 Å². The predicted octanol–water partition coefficient (Wildman–Crippen LogP) is 15.2. The zero-order valence-corrected chi connectivity index (χ0v) is 58.6. The van der Waals surface area contributed by atoms with Crippen LogP contribution in [0.25, 0.3) is 0 Å². The summed E-state index contributed by atoms with van der Waals surface area (Å²) >= 11 is 0. The molecule has 0 N–H and O–H groups in total. The molecule has 0 aliphatic heterocycles. The van der Waals surface area contributed by atoms with Crippen LogP contribution >= 0.6 is 0 Å². The Bertz CT molecular complexity index is 2920. The van der Waals surface area contributed by atoms with E-state index in [2.05, 4.69) is 173 Å². The van der Waals surface area contributed by atoms with E-state index in [1.54, 1.807) is 64.0 Å². The van der Waals surface area contributed by atoms with Crippen LogP contribution in [0.5, 0.6) is 0 Å². The van der Waals surface area contributed by atoms with Crippen molar-refractivity contribution >= 4 is 0 Å². The number of benzene rings is 6. The van der Waals surface area contributed by atoms with E-state index in [4.69, 9.17) is 71.1 Å². The Morgan fingerprint density at radius 1 is 0.258 bits per heavy atom. The maximum atomic E-state index is 7.00. The summed E-state index contributed by atoms with van der Waals surface area (Å²) in [6, 6.07) is 50.6. The lowest BCUT2D eigenvalue weighted by Gasteiger charge is -2.39. The van der Waals surface area contributed by atoms with Gasteiger partial charge in [-0.05, 0) is 99.9 Å². The monoisotopic (exact) mass is 1290 g/mol. The molecule has 0 saturated carbocycles. The molecule has 0 aromatic heterocycles. The van der Waals surface area contributed by atoms with Gasteiger partial charge in [-0.3, -0.25) is 0 Å². The summed E-state index contributed by atoms with van der Waals surface area (Å²) in [5.74, 6) is 0.0301. The minimum atomic E-state index is -0.256. The molecule has 6 aromatic rings. The summed E-state index contributed by atoms with van der Waals surface area (Å²) in [6.07, 6.45) is -1.01. The molecule has 6 aromatic carbocycles. The Morgan fingerprint density at radius 3 is 0.731 bits per heavy atom. The number of ether oxygens (including phenoxy) is 15. The molecule has 15 heteroatoms. The van der Waals surface area contributed by atoms with Crippen LogP contribution in [0.3, 0.4) is 0 Å². The summed E-state index contributed by atoms with van der Waals surface area (Å²) in [7, 11) is 15.5. The highest BCUT2D eigenvalue weighted by Gasteiger charge is 2.38.